The summed E-state index contributed by atoms with van der Waals surface area (Å²) in [7, 11) is 1.53. The molecule has 0 saturated heterocycles. The number of anilines is 1. The van der Waals surface area contributed by atoms with Crippen molar-refractivity contribution >= 4 is 29.1 Å². The molecule has 0 radical (unpaired) electrons. The van der Waals surface area contributed by atoms with E-state index in [1.165, 1.54) is 7.05 Å². The summed E-state index contributed by atoms with van der Waals surface area (Å²) in [5, 5.41) is 5.84. The molecule has 2 rings (SSSR count). The molecule has 0 aliphatic rings. The molecule has 0 aromatic heterocycles. The number of nitrogens with one attached hydrogen (secondary N) is 2. The first kappa shape index (κ1) is 16.8. The van der Waals surface area contributed by atoms with E-state index in [1.54, 1.807) is 42.5 Å². The van der Waals surface area contributed by atoms with Crippen LogP contribution in [0, 0.1) is 6.92 Å². The first-order valence-electron chi connectivity index (χ1n) is 7.01. The van der Waals surface area contributed by atoms with Crippen LogP contribution in [0.25, 0.3) is 0 Å². The number of carbonyl (C=O) groups excluding carboxylic acids is 2. The lowest BCUT2D eigenvalue weighted by Gasteiger charge is -2.11. The third-order valence-corrected chi connectivity index (χ3v) is 3.60. The van der Waals surface area contributed by atoms with Crippen LogP contribution in [0.15, 0.2) is 42.5 Å². The van der Waals surface area contributed by atoms with E-state index in [-0.39, 0.29) is 18.4 Å². The first-order valence-corrected chi connectivity index (χ1v) is 7.39. The third-order valence-electron chi connectivity index (χ3n) is 3.17. The van der Waals surface area contributed by atoms with Gasteiger partial charge in [-0.1, -0.05) is 23.7 Å². The van der Waals surface area contributed by atoms with Crippen molar-refractivity contribution in [3.8, 4) is 5.75 Å². The van der Waals surface area contributed by atoms with Crippen LogP contribution >= 0.6 is 11.6 Å². The van der Waals surface area contributed by atoms with E-state index < -0.39 is 0 Å². The first-order chi connectivity index (χ1) is 11.0. The van der Waals surface area contributed by atoms with Crippen LogP contribution < -0.4 is 15.4 Å². The fourth-order valence-corrected chi connectivity index (χ4v) is 2.08. The van der Waals surface area contributed by atoms with Gasteiger partial charge in [0.2, 0.25) is 0 Å². The lowest BCUT2D eigenvalue weighted by molar-refractivity contribution is -0.118. The van der Waals surface area contributed by atoms with Crippen molar-refractivity contribution in [3.05, 3.63) is 58.6 Å². The van der Waals surface area contributed by atoms with Gasteiger partial charge in [0.1, 0.15) is 5.75 Å². The Hall–Kier alpha value is -2.53. The van der Waals surface area contributed by atoms with Crippen molar-refractivity contribution in [2.75, 3.05) is 19.0 Å². The van der Waals surface area contributed by atoms with Gasteiger partial charge in [-0.3, -0.25) is 9.59 Å². The molecular formula is C17H17ClN2O3. The van der Waals surface area contributed by atoms with Gasteiger partial charge in [-0.25, -0.2) is 0 Å². The average molecular weight is 333 g/mol. The Morgan fingerprint density at radius 3 is 2.61 bits per heavy atom. The summed E-state index contributed by atoms with van der Waals surface area (Å²) in [6, 6.07) is 11.9. The van der Waals surface area contributed by atoms with Crippen LogP contribution in [0.5, 0.6) is 5.75 Å². The normalized spacial score (nSPS) is 10.0. The van der Waals surface area contributed by atoms with Crippen LogP contribution in [0.1, 0.15) is 15.9 Å². The molecule has 6 heteroatoms. The number of rotatable bonds is 5. The quantitative estimate of drug-likeness (QED) is 0.884. The minimum Gasteiger partial charge on any atom is -0.484 e. The van der Waals surface area contributed by atoms with Crippen LogP contribution in [-0.4, -0.2) is 25.5 Å². The number of aryl methyl sites for hydroxylation is 1. The molecule has 0 atom stereocenters. The predicted molar refractivity (Wildman–Crippen MR) is 90.1 cm³/mol. The molecule has 2 aromatic carbocycles. The van der Waals surface area contributed by atoms with Crippen molar-refractivity contribution in [2.24, 2.45) is 0 Å². The van der Waals surface area contributed by atoms with Crippen molar-refractivity contribution in [2.45, 2.75) is 6.92 Å². The zero-order valence-corrected chi connectivity index (χ0v) is 13.6. The molecule has 0 aliphatic carbocycles. The summed E-state index contributed by atoms with van der Waals surface area (Å²) in [5.74, 6) is -0.0641. The fourth-order valence-electron chi connectivity index (χ4n) is 1.97. The Balaban J connectivity index is 2.00. The fraction of sp³-hybridized carbons (Fsp3) is 0.176. The molecule has 0 saturated carbocycles. The predicted octanol–water partition coefficient (Wildman–Crippen LogP) is 3.03. The molecule has 2 N–H and O–H groups in total. The minimum atomic E-state index is -0.353. The molecule has 0 heterocycles. The maximum atomic E-state index is 12.0. The Morgan fingerprint density at radius 2 is 1.91 bits per heavy atom. The molecule has 0 unspecified atom stereocenters. The molecule has 0 fully saturated rings. The Morgan fingerprint density at radius 1 is 1.17 bits per heavy atom. The van der Waals surface area contributed by atoms with Gasteiger partial charge in [-0.05, 0) is 42.8 Å². The Kier molecular flexibility index (Phi) is 5.60. The highest BCUT2D eigenvalue weighted by Gasteiger charge is 2.12. The van der Waals surface area contributed by atoms with E-state index in [4.69, 9.17) is 16.3 Å². The zero-order chi connectivity index (χ0) is 16.8. The van der Waals surface area contributed by atoms with Gasteiger partial charge in [0, 0.05) is 12.1 Å². The summed E-state index contributed by atoms with van der Waals surface area (Å²) >= 11 is 5.94. The van der Waals surface area contributed by atoms with Crippen molar-refractivity contribution < 1.29 is 14.3 Å². The Labute approximate surface area is 139 Å². The van der Waals surface area contributed by atoms with Crippen molar-refractivity contribution in [1.82, 2.24) is 5.32 Å². The van der Waals surface area contributed by atoms with Crippen LogP contribution in [0.4, 0.5) is 5.69 Å². The van der Waals surface area contributed by atoms with Crippen LogP contribution in [-0.2, 0) is 4.79 Å². The molecule has 23 heavy (non-hydrogen) atoms. The van der Waals surface area contributed by atoms with Gasteiger partial charge < -0.3 is 15.4 Å². The van der Waals surface area contributed by atoms with Crippen molar-refractivity contribution in [3.63, 3.8) is 0 Å². The summed E-state index contributed by atoms with van der Waals surface area (Å²) < 4.78 is 5.43. The number of ether oxygens (including phenoxy) is 1. The second kappa shape index (κ2) is 7.65. The van der Waals surface area contributed by atoms with E-state index in [1.807, 2.05) is 6.92 Å². The molecule has 120 valence electrons. The Bertz CT molecular complexity index is 732. The number of hydrogen-bond donors (Lipinski definition) is 2. The molecular weight excluding hydrogens is 316 g/mol. The minimum absolute atomic E-state index is 0.164. The number of benzene rings is 2. The largest absolute Gasteiger partial charge is 0.484 e. The maximum absolute atomic E-state index is 12.0. The number of amides is 2. The standard InChI is InChI=1S/C17H17ClN2O3/c1-11-9-12(7-8-14(11)18)23-10-16(21)20-15-6-4-3-5-13(15)17(22)19-2/h3-9H,10H2,1-2H3,(H,19,22)(H,20,21). The molecule has 0 bridgehead atoms. The van der Waals surface area contributed by atoms with E-state index in [0.717, 1.165) is 5.56 Å². The number of halogens is 1. The van der Waals surface area contributed by atoms with Gasteiger partial charge in [0.25, 0.3) is 11.8 Å². The third kappa shape index (κ3) is 4.47. The van der Waals surface area contributed by atoms with E-state index in [2.05, 4.69) is 10.6 Å². The molecule has 0 spiro atoms. The van der Waals surface area contributed by atoms with E-state index in [9.17, 15) is 9.59 Å². The van der Waals surface area contributed by atoms with Gasteiger partial charge >= 0.3 is 0 Å². The average Bonchev–Trinajstić information content (AvgIpc) is 2.55. The van der Waals surface area contributed by atoms with E-state index in [0.29, 0.717) is 22.0 Å². The molecule has 2 aromatic rings. The second-order valence-electron chi connectivity index (χ2n) is 4.87. The molecule has 5 nitrogen and oxygen atoms in total. The van der Waals surface area contributed by atoms with Gasteiger partial charge in [-0.2, -0.15) is 0 Å². The summed E-state index contributed by atoms with van der Waals surface area (Å²) in [4.78, 5) is 23.8. The van der Waals surface area contributed by atoms with Gasteiger partial charge in [0.15, 0.2) is 6.61 Å². The van der Waals surface area contributed by atoms with Crippen LogP contribution in [0.2, 0.25) is 5.02 Å². The van der Waals surface area contributed by atoms with Gasteiger partial charge in [-0.15, -0.1) is 0 Å². The van der Waals surface area contributed by atoms with Crippen molar-refractivity contribution in [1.29, 1.82) is 0 Å². The number of para-hydroxylation sites is 1. The lowest BCUT2D eigenvalue weighted by atomic mass is 10.1. The highest BCUT2D eigenvalue weighted by molar-refractivity contribution is 6.31. The maximum Gasteiger partial charge on any atom is 0.262 e. The number of carbonyl (C=O) groups is 2. The smallest absolute Gasteiger partial charge is 0.262 e. The summed E-state index contributed by atoms with van der Waals surface area (Å²) in [6.07, 6.45) is 0. The zero-order valence-electron chi connectivity index (χ0n) is 12.9. The number of hydrogen-bond acceptors (Lipinski definition) is 3. The lowest BCUT2D eigenvalue weighted by Crippen LogP contribution is -2.24. The highest BCUT2D eigenvalue weighted by atomic mass is 35.5. The highest BCUT2D eigenvalue weighted by Crippen LogP contribution is 2.21. The summed E-state index contributed by atoms with van der Waals surface area (Å²) in [5.41, 5.74) is 1.70. The van der Waals surface area contributed by atoms with E-state index >= 15 is 0 Å². The monoisotopic (exact) mass is 332 g/mol. The molecule has 2 amide bonds. The SMILES string of the molecule is CNC(=O)c1ccccc1NC(=O)COc1ccc(Cl)c(C)c1. The topological polar surface area (TPSA) is 67.4 Å². The molecule has 0 aliphatic heterocycles. The van der Waals surface area contributed by atoms with Gasteiger partial charge in [0.05, 0.1) is 11.3 Å². The summed E-state index contributed by atoms with van der Waals surface area (Å²) in [6.45, 7) is 1.69. The van der Waals surface area contributed by atoms with Crippen LogP contribution in [0.3, 0.4) is 0 Å². The second-order valence-corrected chi connectivity index (χ2v) is 5.28.